The zero-order valence-electron chi connectivity index (χ0n) is 12.3. The van der Waals surface area contributed by atoms with E-state index in [0.717, 1.165) is 11.3 Å². The standard InChI is InChI=1S/C17H19NO3/c1-12-10-18(11-13(2)21-12)17(19)15-7-5-14(6-8-15)16-4-3-9-20-16/h3-9,12-13H,10-11H2,1-2H3. The molecule has 2 atom stereocenters. The molecule has 2 unspecified atom stereocenters. The second-order valence-electron chi connectivity index (χ2n) is 5.52. The Balaban J connectivity index is 1.76. The van der Waals surface area contributed by atoms with E-state index in [-0.39, 0.29) is 18.1 Å². The Labute approximate surface area is 124 Å². The van der Waals surface area contributed by atoms with E-state index in [9.17, 15) is 4.79 Å². The zero-order chi connectivity index (χ0) is 14.8. The molecule has 1 amide bonds. The van der Waals surface area contributed by atoms with Crippen LogP contribution in [-0.2, 0) is 4.74 Å². The molecule has 0 bridgehead atoms. The molecule has 1 saturated heterocycles. The average Bonchev–Trinajstić information content (AvgIpc) is 3.00. The number of ether oxygens (including phenoxy) is 1. The quantitative estimate of drug-likeness (QED) is 0.851. The topological polar surface area (TPSA) is 42.7 Å². The fourth-order valence-electron chi connectivity index (χ4n) is 2.75. The Morgan fingerprint density at radius 1 is 1.10 bits per heavy atom. The molecule has 21 heavy (non-hydrogen) atoms. The number of nitrogens with zero attached hydrogens (tertiary/aromatic N) is 1. The van der Waals surface area contributed by atoms with Gasteiger partial charge in [0.1, 0.15) is 5.76 Å². The predicted octanol–water partition coefficient (Wildman–Crippen LogP) is 3.20. The van der Waals surface area contributed by atoms with Crippen molar-refractivity contribution in [3.05, 3.63) is 48.2 Å². The summed E-state index contributed by atoms with van der Waals surface area (Å²) in [5, 5.41) is 0. The second kappa shape index (κ2) is 5.74. The molecule has 1 fully saturated rings. The summed E-state index contributed by atoms with van der Waals surface area (Å²) in [5.41, 5.74) is 1.67. The van der Waals surface area contributed by atoms with Crippen LogP contribution >= 0.6 is 0 Å². The van der Waals surface area contributed by atoms with Crippen molar-refractivity contribution in [3.63, 3.8) is 0 Å². The molecule has 1 aliphatic rings. The minimum atomic E-state index is 0.0583. The minimum Gasteiger partial charge on any atom is -0.464 e. The van der Waals surface area contributed by atoms with Gasteiger partial charge >= 0.3 is 0 Å². The summed E-state index contributed by atoms with van der Waals surface area (Å²) >= 11 is 0. The van der Waals surface area contributed by atoms with Crippen LogP contribution in [0.3, 0.4) is 0 Å². The number of rotatable bonds is 2. The number of carbonyl (C=O) groups is 1. The van der Waals surface area contributed by atoms with Crippen molar-refractivity contribution >= 4 is 5.91 Å². The predicted molar refractivity (Wildman–Crippen MR) is 80.1 cm³/mol. The maximum Gasteiger partial charge on any atom is 0.254 e. The van der Waals surface area contributed by atoms with Gasteiger partial charge in [0, 0.05) is 24.2 Å². The lowest BCUT2D eigenvalue weighted by molar-refractivity contribution is -0.0586. The van der Waals surface area contributed by atoms with Gasteiger partial charge in [-0.3, -0.25) is 4.79 Å². The number of carbonyl (C=O) groups excluding carboxylic acids is 1. The van der Waals surface area contributed by atoms with E-state index in [1.165, 1.54) is 0 Å². The molecule has 4 heteroatoms. The first-order valence-electron chi connectivity index (χ1n) is 7.22. The lowest BCUT2D eigenvalue weighted by atomic mass is 10.1. The van der Waals surface area contributed by atoms with Gasteiger partial charge in [0.2, 0.25) is 0 Å². The van der Waals surface area contributed by atoms with Crippen LogP contribution in [0, 0.1) is 0 Å². The number of morpholine rings is 1. The van der Waals surface area contributed by atoms with Crippen LogP contribution < -0.4 is 0 Å². The minimum absolute atomic E-state index is 0.0583. The van der Waals surface area contributed by atoms with Crippen molar-refractivity contribution in [2.24, 2.45) is 0 Å². The van der Waals surface area contributed by atoms with E-state index in [0.29, 0.717) is 18.7 Å². The molecule has 2 heterocycles. The Hall–Kier alpha value is -2.07. The molecular weight excluding hydrogens is 266 g/mol. The highest BCUT2D eigenvalue weighted by atomic mass is 16.5. The number of benzene rings is 1. The lowest BCUT2D eigenvalue weighted by Crippen LogP contribution is -2.48. The summed E-state index contributed by atoms with van der Waals surface area (Å²) in [4.78, 5) is 14.4. The Kier molecular flexibility index (Phi) is 3.80. The molecule has 0 N–H and O–H groups in total. The maximum atomic E-state index is 12.5. The van der Waals surface area contributed by atoms with Gasteiger partial charge in [0.05, 0.1) is 18.5 Å². The average molecular weight is 285 g/mol. The van der Waals surface area contributed by atoms with Gasteiger partial charge in [-0.05, 0) is 38.1 Å². The van der Waals surface area contributed by atoms with Crippen molar-refractivity contribution in [2.45, 2.75) is 26.1 Å². The van der Waals surface area contributed by atoms with E-state index in [4.69, 9.17) is 9.15 Å². The van der Waals surface area contributed by atoms with E-state index >= 15 is 0 Å². The van der Waals surface area contributed by atoms with Crippen LogP contribution in [-0.4, -0.2) is 36.1 Å². The molecule has 1 aromatic heterocycles. The first kappa shape index (κ1) is 13.9. The molecule has 2 aromatic rings. The summed E-state index contributed by atoms with van der Waals surface area (Å²) in [6, 6.07) is 11.3. The summed E-state index contributed by atoms with van der Waals surface area (Å²) in [6.45, 7) is 5.28. The first-order chi connectivity index (χ1) is 10.1. The third-order valence-electron chi connectivity index (χ3n) is 3.64. The first-order valence-corrected chi connectivity index (χ1v) is 7.22. The highest BCUT2D eigenvalue weighted by Crippen LogP contribution is 2.21. The smallest absolute Gasteiger partial charge is 0.254 e. The van der Waals surface area contributed by atoms with Crippen LogP contribution in [0.1, 0.15) is 24.2 Å². The van der Waals surface area contributed by atoms with E-state index in [1.54, 1.807) is 6.26 Å². The van der Waals surface area contributed by atoms with E-state index in [2.05, 4.69) is 0 Å². The molecule has 1 aromatic carbocycles. The number of hydrogen-bond acceptors (Lipinski definition) is 3. The maximum absolute atomic E-state index is 12.5. The molecule has 1 aliphatic heterocycles. The number of amides is 1. The number of hydrogen-bond donors (Lipinski definition) is 0. The molecule has 0 spiro atoms. The van der Waals surface area contributed by atoms with Gasteiger partial charge in [-0.1, -0.05) is 12.1 Å². The Morgan fingerprint density at radius 2 is 1.76 bits per heavy atom. The zero-order valence-corrected chi connectivity index (χ0v) is 12.3. The molecule has 3 rings (SSSR count). The summed E-state index contributed by atoms with van der Waals surface area (Å²) in [7, 11) is 0. The monoisotopic (exact) mass is 285 g/mol. The lowest BCUT2D eigenvalue weighted by Gasteiger charge is -2.35. The van der Waals surface area contributed by atoms with Crippen molar-refractivity contribution in [3.8, 4) is 11.3 Å². The highest BCUT2D eigenvalue weighted by Gasteiger charge is 2.26. The van der Waals surface area contributed by atoms with Gasteiger partial charge in [-0.2, -0.15) is 0 Å². The molecule has 0 aliphatic carbocycles. The van der Waals surface area contributed by atoms with Crippen molar-refractivity contribution in [2.75, 3.05) is 13.1 Å². The largest absolute Gasteiger partial charge is 0.464 e. The van der Waals surface area contributed by atoms with Gasteiger partial charge < -0.3 is 14.1 Å². The van der Waals surface area contributed by atoms with Gasteiger partial charge in [0.15, 0.2) is 0 Å². The van der Waals surface area contributed by atoms with Crippen LogP contribution in [0.2, 0.25) is 0 Å². The summed E-state index contributed by atoms with van der Waals surface area (Å²) < 4.78 is 11.0. The molecule has 4 nitrogen and oxygen atoms in total. The normalized spacial score (nSPS) is 22.3. The summed E-state index contributed by atoms with van der Waals surface area (Å²) in [5.74, 6) is 0.866. The molecule has 110 valence electrons. The van der Waals surface area contributed by atoms with Crippen molar-refractivity contribution in [1.29, 1.82) is 0 Å². The molecular formula is C17H19NO3. The fourth-order valence-corrected chi connectivity index (χ4v) is 2.75. The Bertz CT molecular complexity index is 593. The third-order valence-corrected chi connectivity index (χ3v) is 3.64. The van der Waals surface area contributed by atoms with E-state index in [1.807, 2.05) is 55.1 Å². The summed E-state index contributed by atoms with van der Waals surface area (Å²) in [6.07, 6.45) is 1.81. The molecule has 0 radical (unpaired) electrons. The molecule has 0 saturated carbocycles. The van der Waals surface area contributed by atoms with Crippen LogP contribution in [0.15, 0.2) is 47.1 Å². The van der Waals surface area contributed by atoms with Gasteiger partial charge in [0.25, 0.3) is 5.91 Å². The van der Waals surface area contributed by atoms with Gasteiger partial charge in [-0.15, -0.1) is 0 Å². The van der Waals surface area contributed by atoms with Gasteiger partial charge in [-0.25, -0.2) is 0 Å². The third kappa shape index (κ3) is 3.00. The Morgan fingerprint density at radius 3 is 2.33 bits per heavy atom. The SMILES string of the molecule is CC1CN(C(=O)c2ccc(-c3ccco3)cc2)CC(C)O1. The highest BCUT2D eigenvalue weighted by molar-refractivity contribution is 5.94. The van der Waals surface area contributed by atoms with Crippen molar-refractivity contribution in [1.82, 2.24) is 4.90 Å². The number of furan rings is 1. The van der Waals surface area contributed by atoms with Crippen molar-refractivity contribution < 1.29 is 13.9 Å². The van der Waals surface area contributed by atoms with Crippen LogP contribution in [0.25, 0.3) is 11.3 Å². The van der Waals surface area contributed by atoms with E-state index < -0.39 is 0 Å². The van der Waals surface area contributed by atoms with Crippen LogP contribution in [0.4, 0.5) is 0 Å². The fraction of sp³-hybridized carbons (Fsp3) is 0.353. The van der Waals surface area contributed by atoms with Crippen LogP contribution in [0.5, 0.6) is 0 Å². The second-order valence-corrected chi connectivity index (χ2v) is 5.52.